The summed E-state index contributed by atoms with van der Waals surface area (Å²) in [6.07, 6.45) is 0. The Bertz CT molecular complexity index is 854. The molecule has 3 rings (SSSR count). The van der Waals surface area contributed by atoms with Crippen molar-refractivity contribution in [2.75, 3.05) is 19.5 Å². The number of aliphatic hydroxyl groups is 1. The number of aliphatic hydroxyl groups excluding tert-OH is 1. The summed E-state index contributed by atoms with van der Waals surface area (Å²) >= 11 is 0. The predicted octanol–water partition coefficient (Wildman–Crippen LogP) is 3.89. The van der Waals surface area contributed by atoms with Gasteiger partial charge in [0.15, 0.2) is 0 Å². The van der Waals surface area contributed by atoms with Crippen LogP contribution in [-0.4, -0.2) is 28.8 Å². The first-order chi connectivity index (χ1) is 11.5. The van der Waals surface area contributed by atoms with E-state index in [0.29, 0.717) is 17.2 Å². The van der Waals surface area contributed by atoms with Crippen LogP contribution in [0.2, 0.25) is 0 Å². The highest BCUT2D eigenvalue weighted by molar-refractivity contribution is 7.93. The van der Waals surface area contributed by atoms with Gasteiger partial charge in [-0.3, -0.25) is 0 Å². The minimum atomic E-state index is -2.60. The van der Waals surface area contributed by atoms with Crippen molar-refractivity contribution in [2.45, 2.75) is 24.7 Å². The van der Waals surface area contributed by atoms with Crippen LogP contribution < -0.4 is 4.74 Å². The molecule has 2 aromatic carbocycles. The van der Waals surface area contributed by atoms with E-state index in [1.165, 1.54) is 0 Å². The third-order valence-electron chi connectivity index (χ3n) is 4.60. The Labute approximate surface area is 143 Å². The molecule has 0 saturated carbocycles. The molecule has 0 bridgehead atoms. The van der Waals surface area contributed by atoms with E-state index in [4.69, 9.17) is 4.74 Å². The molecule has 4 nitrogen and oxygen atoms in total. The van der Waals surface area contributed by atoms with Gasteiger partial charge in [-0.2, -0.15) is 4.36 Å². The van der Waals surface area contributed by atoms with Gasteiger partial charge in [-0.15, -0.1) is 0 Å². The van der Waals surface area contributed by atoms with Crippen LogP contribution in [0.4, 0.5) is 5.69 Å². The van der Waals surface area contributed by atoms with Gasteiger partial charge in [0.2, 0.25) is 0 Å². The van der Waals surface area contributed by atoms with Crippen LogP contribution >= 0.6 is 0 Å². The Kier molecular flexibility index (Phi) is 4.65. The van der Waals surface area contributed by atoms with Gasteiger partial charge in [0.05, 0.1) is 16.8 Å². The minimum Gasteiger partial charge on any atom is -0.494 e. The number of aryl methyl sites for hydroxylation is 1. The zero-order chi connectivity index (χ0) is 17.3. The number of ether oxygens (including phenoxy) is 1. The molecule has 2 aromatic rings. The van der Waals surface area contributed by atoms with E-state index < -0.39 is 9.73 Å². The Hall–Kier alpha value is -1.85. The monoisotopic (exact) mass is 345 g/mol. The summed E-state index contributed by atoms with van der Waals surface area (Å²) in [7, 11) is -0.993. The smallest absolute Gasteiger partial charge is 0.145 e. The molecule has 128 valence electrons. The number of fused-ring (bicyclic) bond motifs is 1. The fourth-order valence-corrected chi connectivity index (χ4v) is 5.65. The van der Waals surface area contributed by atoms with E-state index in [0.717, 1.165) is 16.0 Å². The number of rotatable bonds is 4. The molecule has 0 saturated heterocycles. The van der Waals surface area contributed by atoms with Crippen LogP contribution in [0.15, 0.2) is 51.7 Å². The van der Waals surface area contributed by atoms with Crippen molar-refractivity contribution in [3.05, 3.63) is 53.6 Å². The highest BCUT2D eigenvalue weighted by Gasteiger charge is 2.33. The second kappa shape index (κ2) is 6.57. The molecule has 5 heteroatoms. The molecule has 3 atom stereocenters. The number of hydrogen-bond donors (Lipinski definition) is 1. The number of benzene rings is 2. The van der Waals surface area contributed by atoms with Crippen LogP contribution in [0.5, 0.6) is 5.75 Å². The SMILES string of the molecule is COc1cc(C)cc2c1N=[S@](=O)(c1ccccc1)C[C@@H]2[C@H](C)CO. The molecule has 1 heterocycles. The van der Waals surface area contributed by atoms with Crippen LogP contribution in [-0.2, 0) is 9.73 Å². The Morgan fingerprint density at radius 3 is 2.67 bits per heavy atom. The van der Waals surface area contributed by atoms with E-state index in [9.17, 15) is 9.32 Å². The van der Waals surface area contributed by atoms with Gasteiger partial charge in [0.25, 0.3) is 0 Å². The second-order valence-electron chi connectivity index (χ2n) is 6.38. The maximum absolute atomic E-state index is 13.6. The molecule has 0 fully saturated rings. The average molecular weight is 345 g/mol. The normalized spacial score (nSPS) is 23.9. The minimum absolute atomic E-state index is 0.00436. The first-order valence-electron chi connectivity index (χ1n) is 8.08. The first kappa shape index (κ1) is 17.0. The second-order valence-corrected chi connectivity index (χ2v) is 8.65. The van der Waals surface area contributed by atoms with Gasteiger partial charge in [0, 0.05) is 23.2 Å². The van der Waals surface area contributed by atoms with Gasteiger partial charge in [-0.25, -0.2) is 4.21 Å². The molecular formula is C19H23NO3S. The van der Waals surface area contributed by atoms with Gasteiger partial charge < -0.3 is 9.84 Å². The maximum atomic E-state index is 13.6. The zero-order valence-electron chi connectivity index (χ0n) is 14.2. The Balaban J connectivity index is 2.28. The van der Waals surface area contributed by atoms with E-state index in [1.807, 2.05) is 50.2 Å². The fourth-order valence-electron chi connectivity index (χ4n) is 3.21. The molecule has 0 aromatic heterocycles. The average Bonchev–Trinajstić information content (AvgIpc) is 2.61. The van der Waals surface area contributed by atoms with Crippen LogP contribution in [0, 0.1) is 12.8 Å². The summed E-state index contributed by atoms with van der Waals surface area (Å²) < 4.78 is 23.8. The lowest BCUT2D eigenvalue weighted by atomic mass is 9.87. The topological polar surface area (TPSA) is 58.9 Å². The van der Waals surface area contributed by atoms with E-state index in [-0.39, 0.29) is 18.4 Å². The fraction of sp³-hybridized carbons (Fsp3) is 0.368. The van der Waals surface area contributed by atoms with E-state index in [2.05, 4.69) is 10.4 Å². The first-order valence-corrected chi connectivity index (χ1v) is 9.76. The van der Waals surface area contributed by atoms with Crippen molar-refractivity contribution in [2.24, 2.45) is 10.3 Å². The van der Waals surface area contributed by atoms with E-state index >= 15 is 0 Å². The molecule has 1 aliphatic heterocycles. The predicted molar refractivity (Wildman–Crippen MR) is 96.5 cm³/mol. The third kappa shape index (κ3) is 2.94. The van der Waals surface area contributed by atoms with Gasteiger partial charge in [-0.05, 0) is 42.2 Å². The van der Waals surface area contributed by atoms with Crippen molar-refractivity contribution in [3.8, 4) is 5.75 Å². The van der Waals surface area contributed by atoms with Gasteiger partial charge in [-0.1, -0.05) is 31.2 Å². The molecule has 0 unspecified atom stereocenters. The van der Waals surface area contributed by atoms with Crippen molar-refractivity contribution in [3.63, 3.8) is 0 Å². The quantitative estimate of drug-likeness (QED) is 0.914. The molecule has 0 amide bonds. The summed E-state index contributed by atoms with van der Waals surface area (Å²) in [5.74, 6) is 1.03. The largest absolute Gasteiger partial charge is 0.494 e. The summed E-state index contributed by atoms with van der Waals surface area (Å²) in [6, 6.07) is 13.4. The van der Waals surface area contributed by atoms with Crippen molar-refractivity contribution in [1.29, 1.82) is 0 Å². The molecule has 24 heavy (non-hydrogen) atoms. The van der Waals surface area contributed by atoms with Gasteiger partial charge in [0.1, 0.15) is 11.4 Å². The van der Waals surface area contributed by atoms with Crippen LogP contribution in [0.3, 0.4) is 0 Å². The van der Waals surface area contributed by atoms with Crippen molar-refractivity contribution >= 4 is 15.4 Å². The molecule has 0 aliphatic carbocycles. The zero-order valence-corrected chi connectivity index (χ0v) is 15.0. The van der Waals surface area contributed by atoms with Crippen LogP contribution in [0.25, 0.3) is 0 Å². The lowest BCUT2D eigenvalue weighted by Crippen LogP contribution is -2.25. The summed E-state index contributed by atoms with van der Waals surface area (Å²) in [4.78, 5) is 0.730. The Morgan fingerprint density at radius 2 is 2.04 bits per heavy atom. The molecule has 0 radical (unpaired) electrons. The lowest BCUT2D eigenvalue weighted by molar-refractivity contribution is 0.221. The number of hydrogen-bond acceptors (Lipinski definition) is 4. The van der Waals surface area contributed by atoms with E-state index in [1.54, 1.807) is 7.11 Å². The lowest BCUT2D eigenvalue weighted by Gasteiger charge is -2.30. The van der Waals surface area contributed by atoms with Gasteiger partial charge >= 0.3 is 0 Å². The highest BCUT2D eigenvalue weighted by atomic mass is 32.2. The van der Waals surface area contributed by atoms with Crippen molar-refractivity contribution in [1.82, 2.24) is 0 Å². The number of methoxy groups -OCH3 is 1. The van der Waals surface area contributed by atoms with Crippen LogP contribution in [0.1, 0.15) is 24.0 Å². The summed E-state index contributed by atoms with van der Waals surface area (Å²) in [6.45, 7) is 4.04. The number of nitrogens with zero attached hydrogens (tertiary/aromatic N) is 1. The summed E-state index contributed by atoms with van der Waals surface area (Å²) in [5.41, 5.74) is 2.75. The molecule has 1 N–H and O–H groups in total. The highest BCUT2D eigenvalue weighted by Crippen LogP contribution is 2.46. The third-order valence-corrected chi connectivity index (χ3v) is 6.90. The van der Waals surface area contributed by atoms with Crippen molar-refractivity contribution < 1.29 is 14.1 Å². The Morgan fingerprint density at radius 1 is 1.33 bits per heavy atom. The standard InChI is InChI=1S/C19H23NO3S/c1-13-9-16-17(14(2)11-21)12-24(22,15-7-5-4-6-8-15)20-19(16)18(10-13)23-3/h4-10,14,17,21H,11-12H2,1-3H3/t14-,17-,24-/m1/s1. The maximum Gasteiger partial charge on any atom is 0.145 e. The molecular weight excluding hydrogens is 322 g/mol. The summed E-state index contributed by atoms with van der Waals surface area (Å²) in [5, 5.41) is 9.69. The molecule has 1 aliphatic rings. The molecule has 0 spiro atoms.